The van der Waals surface area contributed by atoms with E-state index in [0.717, 1.165) is 6.07 Å². The molecule has 0 heterocycles. The first-order chi connectivity index (χ1) is 12.0. The molecule has 0 bridgehead atoms. The lowest BCUT2D eigenvalue weighted by Crippen LogP contribution is -2.36. The van der Waals surface area contributed by atoms with Gasteiger partial charge >= 0.3 is 0 Å². The average Bonchev–Trinajstić information content (AvgIpc) is 2.61. The van der Waals surface area contributed by atoms with Crippen LogP contribution in [0.2, 0.25) is 0 Å². The van der Waals surface area contributed by atoms with E-state index in [4.69, 9.17) is 5.11 Å². The second-order valence-electron chi connectivity index (χ2n) is 5.06. The molecule has 0 aliphatic rings. The van der Waals surface area contributed by atoms with Gasteiger partial charge in [-0.1, -0.05) is 24.3 Å². The molecule has 4 N–H and O–H groups in total. The first-order valence-electron chi connectivity index (χ1n) is 7.47. The van der Waals surface area contributed by atoms with Crippen molar-refractivity contribution in [2.24, 2.45) is 0 Å². The highest BCUT2D eigenvalue weighted by atomic mass is 19.1. The SMILES string of the molecule is O=C(NCCO)/C(=C/c1ccc(O)cc1)NC(=O)c1ccccc1F. The summed E-state index contributed by atoms with van der Waals surface area (Å²) in [5.41, 5.74) is 0.224. The molecule has 2 rings (SSSR count). The first kappa shape index (κ1) is 18.2. The predicted molar refractivity (Wildman–Crippen MR) is 90.0 cm³/mol. The third-order valence-corrected chi connectivity index (χ3v) is 3.21. The van der Waals surface area contributed by atoms with E-state index in [1.165, 1.54) is 36.4 Å². The van der Waals surface area contributed by atoms with Crippen LogP contribution in [0.1, 0.15) is 15.9 Å². The van der Waals surface area contributed by atoms with E-state index in [1.54, 1.807) is 12.1 Å². The topological polar surface area (TPSA) is 98.7 Å². The van der Waals surface area contributed by atoms with Gasteiger partial charge in [-0.3, -0.25) is 9.59 Å². The number of aliphatic hydroxyl groups excluding tert-OH is 1. The van der Waals surface area contributed by atoms with E-state index in [9.17, 15) is 19.1 Å². The molecule has 6 nitrogen and oxygen atoms in total. The van der Waals surface area contributed by atoms with E-state index < -0.39 is 17.6 Å². The van der Waals surface area contributed by atoms with Crippen molar-refractivity contribution in [1.82, 2.24) is 10.6 Å². The number of hydrogen-bond acceptors (Lipinski definition) is 4. The Kier molecular flexibility index (Phi) is 6.25. The number of phenols is 1. The van der Waals surface area contributed by atoms with E-state index in [2.05, 4.69) is 10.6 Å². The van der Waals surface area contributed by atoms with Crippen LogP contribution < -0.4 is 10.6 Å². The summed E-state index contributed by atoms with van der Waals surface area (Å²) < 4.78 is 13.7. The van der Waals surface area contributed by atoms with Crippen molar-refractivity contribution in [2.45, 2.75) is 0 Å². The zero-order chi connectivity index (χ0) is 18.2. The molecule has 0 spiro atoms. The van der Waals surface area contributed by atoms with Crippen LogP contribution in [0.5, 0.6) is 5.75 Å². The fourth-order valence-corrected chi connectivity index (χ4v) is 2.00. The number of rotatable bonds is 6. The van der Waals surface area contributed by atoms with Gasteiger partial charge in [0.2, 0.25) is 0 Å². The van der Waals surface area contributed by atoms with E-state index in [-0.39, 0.29) is 30.2 Å². The van der Waals surface area contributed by atoms with Gasteiger partial charge in [0.15, 0.2) is 0 Å². The third-order valence-electron chi connectivity index (χ3n) is 3.21. The second kappa shape index (κ2) is 8.60. The molecule has 0 radical (unpaired) electrons. The molecule has 0 atom stereocenters. The Morgan fingerprint density at radius 2 is 1.76 bits per heavy atom. The zero-order valence-electron chi connectivity index (χ0n) is 13.2. The maximum Gasteiger partial charge on any atom is 0.267 e. The van der Waals surface area contributed by atoms with Crippen LogP contribution in [0.3, 0.4) is 0 Å². The molecule has 130 valence electrons. The molecule has 25 heavy (non-hydrogen) atoms. The maximum atomic E-state index is 13.7. The van der Waals surface area contributed by atoms with Gasteiger partial charge in [0.1, 0.15) is 17.3 Å². The summed E-state index contributed by atoms with van der Waals surface area (Å²) in [5, 5.41) is 22.9. The number of nitrogens with one attached hydrogen (secondary N) is 2. The van der Waals surface area contributed by atoms with Gasteiger partial charge in [0.25, 0.3) is 11.8 Å². The van der Waals surface area contributed by atoms with E-state index >= 15 is 0 Å². The molecule has 0 aliphatic heterocycles. The lowest BCUT2D eigenvalue weighted by Gasteiger charge is -2.11. The normalized spacial score (nSPS) is 11.0. The van der Waals surface area contributed by atoms with Crippen molar-refractivity contribution in [2.75, 3.05) is 13.2 Å². The summed E-state index contributed by atoms with van der Waals surface area (Å²) >= 11 is 0. The molecular formula is C18H17FN2O4. The first-order valence-corrected chi connectivity index (χ1v) is 7.47. The molecule has 2 amide bonds. The lowest BCUT2D eigenvalue weighted by molar-refractivity contribution is -0.117. The monoisotopic (exact) mass is 344 g/mol. The third kappa shape index (κ3) is 5.15. The van der Waals surface area contributed by atoms with E-state index in [1.807, 2.05) is 0 Å². The zero-order valence-corrected chi connectivity index (χ0v) is 13.2. The van der Waals surface area contributed by atoms with Gasteiger partial charge in [0, 0.05) is 6.54 Å². The fourth-order valence-electron chi connectivity index (χ4n) is 2.00. The van der Waals surface area contributed by atoms with Crippen LogP contribution in [0, 0.1) is 5.82 Å². The molecule has 0 aromatic heterocycles. The van der Waals surface area contributed by atoms with Crippen LogP contribution in [-0.2, 0) is 4.79 Å². The molecule has 2 aromatic carbocycles. The smallest absolute Gasteiger partial charge is 0.267 e. The summed E-state index contributed by atoms with van der Waals surface area (Å²) in [6, 6.07) is 11.3. The van der Waals surface area contributed by atoms with Gasteiger partial charge in [-0.2, -0.15) is 0 Å². The average molecular weight is 344 g/mol. The number of aliphatic hydroxyl groups is 1. The minimum atomic E-state index is -0.776. The van der Waals surface area contributed by atoms with Crippen molar-refractivity contribution in [3.63, 3.8) is 0 Å². The Morgan fingerprint density at radius 1 is 1.08 bits per heavy atom. The highest BCUT2D eigenvalue weighted by Gasteiger charge is 2.16. The molecular weight excluding hydrogens is 327 g/mol. The minimum Gasteiger partial charge on any atom is -0.508 e. The molecule has 7 heteroatoms. The molecule has 0 fully saturated rings. The number of amides is 2. The fraction of sp³-hybridized carbons (Fsp3) is 0.111. The van der Waals surface area contributed by atoms with Crippen molar-refractivity contribution < 1.29 is 24.2 Å². The van der Waals surface area contributed by atoms with Crippen molar-refractivity contribution in [3.05, 3.63) is 71.2 Å². The number of benzene rings is 2. The largest absolute Gasteiger partial charge is 0.508 e. The number of carbonyl (C=O) groups excluding carboxylic acids is 2. The Labute approximate surface area is 143 Å². The van der Waals surface area contributed by atoms with Gasteiger partial charge in [0.05, 0.1) is 12.2 Å². The number of phenolic OH excluding ortho intramolecular Hbond substituents is 1. The summed E-state index contributed by atoms with van der Waals surface area (Å²) in [7, 11) is 0. The van der Waals surface area contributed by atoms with Crippen LogP contribution in [-0.4, -0.2) is 35.2 Å². The van der Waals surface area contributed by atoms with Gasteiger partial charge in [-0.25, -0.2) is 4.39 Å². The Hall–Kier alpha value is -3.19. The Balaban J connectivity index is 2.28. The minimum absolute atomic E-state index is 0.00131. The summed E-state index contributed by atoms with van der Waals surface area (Å²) in [4.78, 5) is 24.4. The number of halogens is 1. The van der Waals surface area contributed by atoms with Crippen LogP contribution in [0.15, 0.2) is 54.2 Å². The van der Waals surface area contributed by atoms with Crippen molar-refractivity contribution in [3.8, 4) is 5.75 Å². The molecule has 0 aliphatic carbocycles. The standard InChI is InChI=1S/C18H17FN2O4/c19-15-4-2-1-3-14(15)17(24)21-16(18(25)20-9-10-22)11-12-5-7-13(23)8-6-12/h1-8,11,22-23H,9-10H2,(H,20,25)(H,21,24)/b16-11-. The van der Waals surface area contributed by atoms with Crippen LogP contribution >= 0.6 is 0 Å². The highest BCUT2D eigenvalue weighted by Crippen LogP contribution is 2.13. The van der Waals surface area contributed by atoms with Crippen LogP contribution in [0.25, 0.3) is 6.08 Å². The van der Waals surface area contributed by atoms with Gasteiger partial charge in [-0.05, 0) is 35.9 Å². The van der Waals surface area contributed by atoms with Crippen molar-refractivity contribution >= 4 is 17.9 Å². The summed E-state index contributed by atoms with van der Waals surface area (Å²) in [6.45, 7) is -0.263. The molecule has 0 unspecified atom stereocenters. The number of hydrogen-bond donors (Lipinski definition) is 4. The van der Waals surface area contributed by atoms with Crippen molar-refractivity contribution in [1.29, 1.82) is 0 Å². The second-order valence-corrected chi connectivity index (χ2v) is 5.06. The summed E-state index contributed by atoms with van der Waals surface area (Å²) in [5.74, 6) is -2.06. The maximum absolute atomic E-state index is 13.7. The lowest BCUT2D eigenvalue weighted by atomic mass is 10.1. The quantitative estimate of drug-likeness (QED) is 0.596. The predicted octanol–water partition coefficient (Wildman–Crippen LogP) is 1.41. The Bertz CT molecular complexity index is 788. The highest BCUT2D eigenvalue weighted by molar-refractivity contribution is 6.05. The van der Waals surface area contributed by atoms with E-state index in [0.29, 0.717) is 5.56 Å². The molecule has 2 aromatic rings. The number of carbonyl (C=O) groups is 2. The Morgan fingerprint density at radius 3 is 2.40 bits per heavy atom. The van der Waals surface area contributed by atoms with Crippen LogP contribution in [0.4, 0.5) is 4.39 Å². The van der Waals surface area contributed by atoms with Gasteiger partial charge < -0.3 is 20.8 Å². The number of aromatic hydroxyl groups is 1. The summed E-state index contributed by atoms with van der Waals surface area (Å²) in [6.07, 6.45) is 1.38. The van der Waals surface area contributed by atoms with Gasteiger partial charge in [-0.15, -0.1) is 0 Å². The molecule has 0 saturated carbocycles. The molecule has 0 saturated heterocycles.